The van der Waals surface area contributed by atoms with E-state index in [9.17, 15) is 4.79 Å². The molecule has 1 heterocycles. The zero-order valence-electron chi connectivity index (χ0n) is 16.0. The average molecular weight is 364 g/mol. The van der Waals surface area contributed by atoms with Crippen molar-refractivity contribution in [3.05, 3.63) is 77.9 Å². The molecule has 3 rings (SSSR count). The SMILES string of the molecule is CCNC(=O)[C@@H]1C[C@H](NC/C=C/c2ccccc2)CN1Cc1ccccc1. The zero-order valence-corrected chi connectivity index (χ0v) is 16.0. The molecule has 0 bridgehead atoms. The Morgan fingerprint density at radius 3 is 2.52 bits per heavy atom. The van der Waals surface area contributed by atoms with Gasteiger partial charge in [-0.1, -0.05) is 72.8 Å². The molecule has 1 aliphatic heterocycles. The summed E-state index contributed by atoms with van der Waals surface area (Å²) in [6.07, 6.45) is 5.12. The Bertz CT molecular complexity index is 730. The number of amides is 1. The molecule has 0 unspecified atom stereocenters. The molecule has 1 fully saturated rings. The van der Waals surface area contributed by atoms with Crippen molar-refractivity contribution >= 4 is 12.0 Å². The van der Waals surface area contributed by atoms with Crippen molar-refractivity contribution in [2.24, 2.45) is 0 Å². The third-order valence-corrected chi connectivity index (χ3v) is 4.92. The summed E-state index contributed by atoms with van der Waals surface area (Å²) >= 11 is 0. The molecule has 1 saturated heterocycles. The lowest BCUT2D eigenvalue weighted by Gasteiger charge is -2.23. The van der Waals surface area contributed by atoms with Gasteiger partial charge in [-0.25, -0.2) is 0 Å². The second-order valence-electron chi connectivity index (χ2n) is 6.98. The molecule has 2 aromatic carbocycles. The predicted octanol–water partition coefficient (Wildman–Crippen LogP) is 3.07. The second-order valence-corrected chi connectivity index (χ2v) is 6.98. The van der Waals surface area contributed by atoms with E-state index in [-0.39, 0.29) is 11.9 Å². The Labute approximate surface area is 162 Å². The van der Waals surface area contributed by atoms with Crippen LogP contribution in [0, 0.1) is 0 Å². The van der Waals surface area contributed by atoms with Crippen molar-refractivity contribution < 1.29 is 4.79 Å². The van der Waals surface area contributed by atoms with Crippen LogP contribution in [0.25, 0.3) is 6.08 Å². The third kappa shape index (κ3) is 5.78. The Morgan fingerprint density at radius 2 is 1.81 bits per heavy atom. The van der Waals surface area contributed by atoms with Crippen LogP contribution < -0.4 is 10.6 Å². The van der Waals surface area contributed by atoms with Gasteiger partial charge in [-0.05, 0) is 24.5 Å². The fourth-order valence-electron chi connectivity index (χ4n) is 3.60. The van der Waals surface area contributed by atoms with Crippen LogP contribution >= 0.6 is 0 Å². The molecule has 4 heteroatoms. The first-order valence-corrected chi connectivity index (χ1v) is 9.77. The third-order valence-electron chi connectivity index (χ3n) is 4.92. The number of nitrogens with one attached hydrogen (secondary N) is 2. The number of rotatable bonds is 8. The van der Waals surface area contributed by atoms with Crippen molar-refractivity contribution in [3.63, 3.8) is 0 Å². The van der Waals surface area contributed by atoms with Crippen LogP contribution in [0.2, 0.25) is 0 Å². The minimum Gasteiger partial charge on any atom is -0.355 e. The van der Waals surface area contributed by atoms with E-state index in [2.05, 4.69) is 64.1 Å². The lowest BCUT2D eigenvalue weighted by molar-refractivity contribution is -0.125. The van der Waals surface area contributed by atoms with Gasteiger partial charge in [-0.2, -0.15) is 0 Å². The van der Waals surface area contributed by atoms with Crippen molar-refractivity contribution in [1.29, 1.82) is 0 Å². The summed E-state index contributed by atoms with van der Waals surface area (Å²) in [5.74, 6) is 0.137. The van der Waals surface area contributed by atoms with Crippen molar-refractivity contribution in [2.75, 3.05) is 19.6 Å². The van der Waals surface area contributed by atoms with Gasteiger partial charge in [0.1, 0.15) is 0 Å². The number of carbonyl (C=O) groups is 1. The lowest BCUT2D eigenvalue weighted by Crippen LogP contribution is -2.42. The molecule has 2 aromatic rings. The number of likely N-dealkylation sites (N-methyl/N-ethyl adjacent to an activating group) is 1. The van der Waals surface area contributed by atoms with E-state index in [1.165, 1.54) is 11.1 Å². The molecular weight excluding hydrogens is 334 g/mol. The summed E-state index contributed by atoms with van der Waals surface area (Å²) in [5.41, 5.74) is 2.45. The average Bonchev–Trinajstić information content (AvgIpc) is 3.10. The highest BCUT2D eigenvalue weighted by Crippen LogP contribution is 2.21. The summed E-state index contributed by atoms with van der Waals surface area (Å²) in [5, 5.41) is 6.58. The topological polar surface area (TPSA) is 44.4 Å². The highest BCUT2D eigenvalue weighted by Gasteiger charge is 2.36. The molecule has 1 aliphatic rings. The maximum Gasteiger partial charge on any atom is 0.237 e. The summed E-state index contributed by atoms with van der Waals surface area (Å²) in [4.78, 5) is 14.8. The van der Waals surface area contributed by atoms with Crippen LogP contribution in [0.1, 0.15) is 24.5 Å². The van der Waals surface area contributed by atoms with Crippen LogP contribution in [0.5, 0.6) is 0 Å². The van der Waals surface area contributed by atoms with E-state index >= 15 is 0 Å². The van der Waals surface area contributed by atoms with Crippen LogP contribution in [0.15, 0.2) is 66.7 Å². The molecule has 27 heavy (non-hydrogen) atoms. The maximum absolute atomic E-state index is 12.5. The quantitative estimate of drug-likeness (QED) is 0.758. The molecular formula is C23H29N3O. The van der Waals surface area contributed by atoms with E-state index in [1.54, 1.807) is 0 Å². The van der Waals surface area contributed by atoms with Crippen molar-refractivity contribution in [1.82, 2.24) is 15.5 Å². The summed E-state index contributed by atoms with van der Waals surface area (Å²) in [6, 6.07) is 20.9. The van der Waals surface area contributed by atoms with Gasteiger partial charge in [0.15, 0.2) is 0 Å². The van der Waals surface area contributed by atoms with Crippen LogP contribution in [-0.2, 0) is 11.3 Å². The first kappa shape index (κ1) is 19.3. The Hall–Kier alpha value is -2.43. The molecule has 0 spiro atoms. The van der Waals surface area contributed by atoms with E-state index in [0.717, 1.165) is 26.1 Å². The van der Waals surface area contributed by atoms with E-state index in [0.29, 0.717) is 12.6 Å². The Kier molecular flexibility index (Phi) is 7.19. The standard InChI is InChI=1S/C23H29N3O/c1-2-24-23(27)22-16-21(18-26(22)17-20-12-7-4-8-13-20)25-15-9-14-19-10-5-3-6-11-19/h3-14,21-22,25H,2,15-18H2,1H3,(H,24,27)/b14-9+/t21-,22-/m0/s1. The van der Waals surface area contributed by atoms with E-state index in [1.807, 2.05) is 31.2 Å². The minimum absolute atomic E-state index is 0.0687. The molecule has 142 valence electrons. The van der Waals surface area contributed by atoms with E-state index < -0.39 is 0 Å². The molecule has 4 nitrogen and oxygen atoms in total. The molecule has 1 amide bonds. The molecule has 0 aromatic heterocycles. The normalized spacial score (nSPS) is 20.2. The number of hydrogen-bond donors (Lipinski definition) is 2. The second kappa shape index (κ2) is 10.0. The first-order chi connectivity index (χ1) is 13.3. The monoisotopic (exact) mass is 363 g/mol. The van der Waals surface area contributed by atoms with Crippen LogP contribution in [0.4, 0.5) is 0 Å². The predicted molar refractivity (Wildman–Crippen MR) is 111 cm³/mol. The lowest BCUT2D eigenvalue weighted by atomic mass is 10.1. The largest absolute Gasteiger partial charge is 0.355 e. The summed E-state index contributed by atoms with van der Waals surface area (Å²) in [6.45, 7) is 5.14. The molecule has 0 aliphatic carbocycles. The maximum atomic E-state index is 12.5. The summed E-state index contributed by atoms with van der Waals surface area (Å²) < 4.78 is 0. The molecule has 2 atom stereocenters. The first-order valence-electron chi connectivity index (χ1n) is 9.77. The van der Waals surface area contributed by atoms with Gasteiger partial charge in [0.25, 0.3) is 0 Å². The van der Waals surface area contributed by atoms with Crippen molar-refractivity contribution in [2.45, 2.75) is 32.0 Å². The summed E-state index contributed by atoms with van der Waals surface area (Å²) in [7, 11) is 0. The van der Waals surface area contributed by atoms with E-state index in [4.69, 9.17) is 0 Å². The molecule has 0 saturated carbocycles. The van der Waals surface area contributed by atoms with Crippen LogP contribution in [0.3, 0.4) is 0 Å². The number of likely N-dealkylation sites (tertiary alicyclic amines) is 1. The number of nitrogens with zero attached hydrogens (tertiary/aromatic N) is 1. The van der Waals surface area contributed by atoms with Gasteiger partial charge in [-0.15, -0.1) is 0 Å². The Morgan fingerprint density at radius 1 is 1.11 bits per heavy atom. The van der Waals surface area contributed by atoms with Gasteiger partial charge < -0.3 is 10.6 Å². The zero-order chi connectivity index (χ0) is 18.9. The highest BCUT2D eigenvalue weighted by atomic mass is 16.2. The number of hydrogen-bond acceptors (Lipinski definition) is 3. The van der Waals surface area contributed by atoms with Gasteiger partial charge >= 0.3 is 0 Å². The van der Waals surface area contributed by atoms with Gasteiger partial charge in [0.05, 0.1) is 6.04 Å². The number of benzene rings is 2. The van der Waals surface area contributed by atoms with Crippen LogP contribution in [-0.4, -0.2) is 42.5 Å². The molecule has 2 N–H and O–H groups in total. The minimum atomic E-state index is -0.0687. The fourth-order valence-corrected chi connectivity index (χ4v) is 3.60. The smallest absolute Gasteiger partial charge is 0.237 e. The van der Waals surface area contributed by atoms with Gasteiger partial charge in [0, 0.05) is 32.2 Å². The highest BCUT2D eigenvalue weighted by molar-refractivity contribution is 5.82. The number of carbonyl (C=O) groups excluding carboxylic acids is 1. The van der Waals surface area contributed by atoms with Gasteiger partial charge in [-0.3, -0.25) is 9.69 Å². The van der Waals surface area contributed by atoms with Crippen molar-refractivity contribution in [3.8, 4) is 0 Å². The fraction of sp³-hybridized carbons (Fsp3) is 0.348. The Balaban J connectivity index is 1.56. The van der Waals surface area contributed by atoms with Gasteiger partial charge in [0.2, 0.25) is 5.91 Å². The molecule has 0 radical (unpaired) electrons.